The molecule has 106 valence electrons. The molecule has 3 nitrogen and oxygen atoms in total. The number of hydrogen-bond donors (Lipinski definition) is 1. The minimum absolute atomic E-state index is 0.187. The number of carbonyl (C=O) groups is 1. The summed E-state index contributed by atoms with van der Waals surface area (Å²) in [6.45, 7) is 7.38. The number of benzene rings is 1. The Kier molecular flexibility index (Phi) is 5.56. The van der Waals surface area contributed by atoms with Crippen molar-refractivity contribution in [2.24, 2.45) is 0 Å². The molecule has 0 aliphatic rings. The Labute approximate surface area is 122 Å². The molecule has 0 unspecified atom stereocenters. The van der Waals surface area contributed by atoms with E-state index in [9.17, 15) is 9.00 Å². The SMILES string of the molecule is C[C@H](C(=O)NC(C)(C)C)[S@](=O)Cc1cccc(Cl)c1. The molecular weight excluding hydrogens is 282 g/mol. The van der Waals surface area contributed by atoms with E-state index in [-0.39, 0.29) is 11.4 Å². The Morgan fingerprint density at radius 2 is 2.05 bits per heavy atom. The maximum atomic E-state index is 12.2. The number of halogens is 1. The molecule has 0 saturated heterocycles. The van der Waals surface area contributed by atoms with Crippen molar-refractivity contribution in [2.75, 3.05) is 0 Å². The fraction of sp³-hybridized carbons (Fsp3) is 0.500. The van der Waals surface area contributed by atoms with E-state index < -0.39 is 16.0 Å². The Bertz CT molecular complexity index is 483. The highest BCUT2D eigenvalue weighted by atomic mass is 35.5. The Hall–Kier alpha value is -0.870. The molecule has 1 N–H and O–H groups in total. The van der Waals surface area contributed by atoms with Gasteiger partial charge in [-0.3, -0.25) is 9.00 Å². The van der Waals surface area contributed by atoms with E-state index in [2.05, 4.69) is 5.32 Å². The lowest BCUT2D eigenvalue weighted by Gasteiger charge is -2.23. The minimum atomic E-state index is -1.26. The first-order chi connectivity index (χ1) is 8.69. The van der Waals surface area contributed by atoms with Crippen molar-refractivity contribution < 1.29 is 9.00 Å². The number of hydrogen-bond acceptors (Lipinski definition) is 2. The number of rotatable bonds is 4. The Balaban J connectivity index is 2.65. The molecule has 0 aliphatic heterocycles. The van der Waals surface area contributed by atoms with Crippen molar-refractivity contribution in [3.8, 4) is 0 Å². The van der Waals surface area contributed by atoms with Gasteiger partial charge in [0.05, 0.1) is 0 Å². The summed E-state index contributed by atoms with van der Waals surface area (Å²) in [5.74, 6) is 0.145. The zero-order chi connectivity index (χ0) is 14.6. The van der Waals surface area contributed by atoms with E-state index in [1.807, 2.05) is 32.9 Å². The van der Waals surface area contributed by atoms with Crippen LogP contribution in [0.15, 0.2) is 24.3 Å². The summed E-state index contributed by atoms with van der Waals surface area (Å²) in [5.41, 5.74) is 0.562. The van der Waals surface area contributed by atoms with Crippen LogP contribution in [0.25, 0.3) is 0 Å². The summed E-state index contributed by atoms with van der Waals surface area (Å²) in [6.07, 6.45) is 0. The molecule has 0 radical (unpaired) electrons. The first kappa shape index (κ1) is 16.2. The van der Waals surface area contributed by atoms with Crippen molar-refractivity contribution in [3.63, 3.8) is 0 Å². The average molecular weight is 302 g/mol. The molecular formula is C14H20ClNO2S. The first-order valence-corrected chi connectivity index (χ1v) is 7.89. The monoisotopic (exact) mass is 301 g/mol. The number of amides is 1. The second-order valence-corrected chi connectivity index (χ2v) is 7.73. The Morgan fingerprint density at radius 1 is 1.42 bits per heavy atom. The molecule has 0 heterocycles. The second-order valence-electron chi connectivity index (χ2n) is 5.54. The fourth-order valence-corrected chi connectivity index (χ4v) is 2.78. The summed E-state index contributed by atoms with van der Waals surface area (Å²) in [7, 11) is -1.26. The normalized spacial score (nSPS) is 14.8. The highest BCUT2D eigenvalue weighted by Crippen LogP contribution is 2.14. The van der Waals surface area contributed by atoms with Gasteiger partial charge in [-0.2, -0.15) is 0 Å². The van der Waals surface area contributed by atoms with Crippen molar-refractivity contribution >= 4 is 28.3 Å². The third kappa shape index (κ3) is 5.74. The predicted molar refractivity (Wildman–Crippen MR) is 80.7 cm³/mol. The van der Waals surface area contributed by atoms with Crippen LogP contribution in [0.3, 0.4) is 0 Å². The molecule has 5 heteroatoms. The van der Waals surface area contributed by atoms with Crippen LogP contribution in [0, 0.1) is 0 Å². The van der Waals surface area contributed by atoms with E-state index >= 15 is 0 Å². The maximum Gasteiger partial charge on any atom is 0.235 e. The molecule has 1 rings (SSSR count). The lowest BCUT2D eigenvalue weighted by atomic mass is 10.1. The van der Waals surface area contributed by atoms with Crippen molar-refractivity contribution in [1.82, 2.24) is 5.32 Å². The van der Waals surface area contributed by atoms with Gasteiger partial charge < -0.3 is 5.32 Å². The topological polar surface area (TPSA) is 46.2 Å². The molecule has 0 spiro atoms. The van der Waals surface area contributed by atoms with E-state index in [0.717, 1.165) is 5.56 Å². The predicted octanol–water partition coefficient (Wildman–Crippen LogP) is 2.89. The summed E-state index contributed by atoms with van der Waals surface area (Å²) in [4.78, 5) is 11.9. The van der Waals surface area contributed by atoms with E-state index in [0.29, 0.717) is 10.8 Å². The summed E-state index contributed by atoms with van der Waals surface area (Å²) in [5, 5.41) is 2.91. The molecule has 1 aromatic rings. The zero-order valence-electron chi connectivity index (χ0n) is 11.7. The van der Waals surface area contributed by atoms with Crippen LogP contribution in [-0.4, -0.2) is 20.9 Å². The van der Waals surface area contributed by atoms with Crippen LogP contribution < -0.4 is 5.32 Å². The van der Waals surface area contributed by atoms with Gasteiger partial charge in [-0.1, -0.05) is 23.7 Å². The average Bonchev–Trinajstić information content (AvgIpc) is 2.25. The van der Waals surface area contributed by atoms with Gasteiger partial charge in [0.15, 0.2) is 0 Å². The lowest BCUT2D eigenvalue weighted by Crippen LogP contribution is -2.46. The maximum absolute atomic E-state index is 12.2. The molecule has 2 atom stereocenters. The van der Waals surface area contributed by atoms with Gasteiger partial charge in [0.2, 0.25) is 5.91 Å². The van der Waals surface area contributed by atoms with Crippen LogP contribution in [-0.2, 0) is 21.3 Å². The third-order valence-corrected chi connectivity index (χ3v) is 4.32. The summed E-state index contributed by atoms with van der Waals surface area (Å²) >= 11 is 5.88. The van der Waals surface area contributed by atoms with E-state index in [4.69, 9.17) is 11.6 Å². The van der Waals surface area contributed by atoms with Gasteiger partial charge in [-0.05, 0) is 45.4 Å². The van der Waals surface area contributed by atoms with Gasteiger partial charge in [0.1, 0.15) is 5.25 Å². The van der Waals surface area contributed by atoms with Gasteiger partial charge in [-0.25, -0.2) is 0 Å². The quantitative estimate of drug-likeness (QED) is 0.929. The molecule has 0 bridgehead atoms. The molecule has 0 fully saturated rings. The zero-order valence-corrected chi connectivity index (χ0v) is 13.3. The Morgan fingerprint density at radius 3 is 2.58 bits per heavy atom. The van der Waals surface area contributed by atoms with Crippen molar-refractivity contribution in [3.05, 3.63) is 34.9 Å². The van der Waals surface area contributed by atoms with Crippen LogP contribution >= 0.6 is 11.6 Å². The largest absolute Gasteiger partial charge is 0.350 e. The van der Waals surface area contributed by atoms with E-state index in [1.165, 1.54) is 0 Å². The lowest BCUT2D eigenvalue weighted by molar-refractivity contribution is -0.121. The number of nitrogens with one attached hydrogen (secondary N) is 1. The van der Waals surface area contributed by atoms with Crippen LogP contribution in [0.5, 0.6) is 0 Å². The standard InChI is InChI=1S/C14H20ClNO2S/c1-10(13(17)16-14(2,3)4)19(18)9-11-6-5-7-12(15)8-11/h5-8,10H,9H2,1-4H3,(H,16,17)/t10-,19-/m1/s1. The van der Waals surface area contributed by atoms with Crippen LogP contribution in [0.2, 0.25) is 5.02 Å². The molecule has 0 saturated carbocycles. The molecule has 0 aliphatic carbocycles. The highest BCUT2D eigenvalue weighted by molar-refractivity contribution is 7.85. The minimum Gasteiger partial charge on any atom is -0.350 e. The summed E-state index contributed by atoms with van der Waals surface area (Å²) < 4.78 is 12.2. The second kappa shape index (κ2) is 6.53. The number of carbonyl (C=O) groups excluding carboxylic acids is 1. The van der Waals surface area contributed by atoms with Gasteiger partial charge in [0, 0.05) is 27.1 Å². The van der Waals surface area contributed by atoms with Crippen LogP contribution in [0.4, 0.5) is 0 Å². The third-order valence-electron chi connectivity index (χ3n) is 2.46. The van der Waals surface area contributed by atoms with Crippen molar-refractivity contribution in [1.29, 1.82) is 0 Å². The highest BCUT2D eigenvalue weighted by Gasteiger charge is 2.23. The summed E-state index contributed by atoms with van der Waals surface area (Å²) in [6, 6.07) is 7.21. The molecule has 1 amide bonds. The van der Waals surface area contributed by atoms with E-state index in [1.54, 1.807) is 19.1 Å². The first-order valence-electron chi connectivity index (χ1n) is 6.13. The molecule has 0 aromatic heterocycles. The fourth-order valence-electron chi connectivity index (χ4n) is 1.51. The van der Waals surface area contributed by atoms with Crippen LogP contribution in [0.1, 0.15) is 33.3 Å². The van der Waals surface area contributed by atoms with Crippen molar-refractivity contribution in [2.45, 2.75) is 44.2 Å². The molecule has 19 heavy (non-hydrogen) atoms. The smallest absolute Gasteiger partial charge is 0.235 e. The molecule has 1 aromatic carbocycles. The van der Waals surface area contributed by atoms with Gasteiger partial charge in [-0.15, -0.1) is 0 Å². The van der Waals surface area contributed by atoms with Gasteiger partial charge in [0.25, 0.3) is 0 Å². The van der Waals surface area contributed by atoms with Gasteiger partial charge >= 0.3 is 0 Å².